The number of carbonyl (C=O) groups is 2. The molecule has 0 aliphatic carbocycles. The normalized spacial score (nSPS) is 17.9. The highest BCUT2D eigenvalue weighted by Crippen LogP contribution is 2.13. The van der Waals surface area contributed by atoms with Gasteiger partial charge in [-0.2, -0.15) is 5.10 Å². The Morgan fingerprint density at radius 3 is 2.74 bits per heavy atom. The first kappa shape index (κ1) is 17.1. The van der Waals surface area contributed by atoms with Crippen LogP contribution in [0.5, 0.6) is 5.75 Å². The van der Waals surface area contributed by atoms with Gasteiger partial charge in [0.05, 0.1) is 12.8 Å². The lowest BCUT2D eigenvalue weighted by molar-refractivity contribution is -0.136. The highest BCUT2D eigenvalue weighted by atomic mass is 16.5. The van der Waals surface area contributed by atoms with Gasteiger partial charge in [0.25, 0.3) is 11.5 Å². The van der Waals surface area contributed by atoms with Crippen LogP contribution in [0, 0.1) is 0 Å². The third-order valence-corrected chi connectivity index (χ3v) is 3.59. The van der Waals surface area contributed by atoms with Crippen molar-refractivity contribution in [2.45, 2.75) is 38.1 Å². The number of hydrogen-bond acceptors (Lipinski definition) is 6. The molecule has 126 valence electrons. The number of ether oxygens (including phenoxy) is 1. The summed E-state index contributed by atoms with van der Waals surface area (Å²) in [4.78, 5) is 35.7. The molecule has 0 bridgehead atoms. The van der Waals surface area contributed by atoms with E-state index in [0.29, 0.717) is 18.9 Å². The van der Waals surface area contributed by atoms with Crippen molar-refractivity contribution in [2.75, 3.05) is 19.8 Å². The van der Waals surface area contributed by atoms with Crippen LogP contribution in [0.3, 0.4) is 0 Å². The molecule has 1 aromatic rings. The van der Waals surface area contributed by atoms with Gasteiger partial charge in [0, 0.05) is 25.6 Å². The standard InChI is InChI=1S/C15H21N3O5/c19-7-3-1-2-4-8-23-11-9-13(21)18(17-10-11)14-12(20)5-6-16-15(14)22/h9-10,14,19H,1-8H2,(H,16,22). The van der Waals surface area contributed by atoms with Crippen molar-refractivity contribution < 1.29 is 19.4 Å². The summed E-state index contributed by atoms with van der Waals surface area (Å²) < 4.78 is 6.33. The number of aliphatic hydroxyl groups is 1. The van der Waals surface area contributed by atoms with Crippen LogP contribution in [0.15, 0.2) is 17.1 Å². The van der Waals surface area contributed by atoms with Crippen LogP contribution >= 0.6 is 0 Å². The smallest absolute Gasteiger partial charge is 0.271 e. The third-order valence-electron chi connectivity index (χ3n) is 3.59. The van der Waals surface area contributed by atoms with Crippen molar-refractivity contribution in [3.05, 3.63) is 22.6 Å². The SMILES string of the molecule is O=C1CCNC(=O)C1n1ncc(OCCCCCCO)cc1=O. The zero-order valence-electron chi connectivity index (χ0n) is 12.9. The summed E-state index contributed by atoms with van der Waals surface area (Å²) in [7, 11) is 0. The second kappa shape index (κ2) is 8.42. The van der Waals surface area contributed by atoms with Gasteiger partial charge in [0.15, 0.2) is 11.8 Å². The molecule has 0 aromatic carbocycles. The van der Waals surface area contributed by atoms with E-state index in [1.807, 2.05) is 0 Å². The number of aromatic nitrogens is 2. The lowest BCUT2D eigenvalue weighted by Crippen LogP contribution is -2.47. The number of nitrogens with one attached hydrogen (secondary N) is 1. The average molecular weight is 323 g/mol. The molecule has 0 radical (unpaired) electrons. The molecule has 1 aliphatic heterocycles. The van der Waals surface area contributed by atoms with Gasteiger partial charge in [0.1, 0.15) is 5.75 Å². The number of ketones is 1. The fourth-order valence-corrected chi connectivity index (χ4v) is 2.37. The molecule has 0 saturated carbocycles. The van der Waals surface area contributed by atoms with E-state index in [0.717, 1.165) is 30.4 Å². The molecule has 1 amide bonds. The van der Waals surface area contributed by atoms with Gasteiger partial charge >= 0.3 is 0 Å². The van der Waals surface area contributed by atoms with E-state index in [1.54, 1.807) is 0 Å². The molecule has 2 heterocycles. The number of aliphatic hydroxyl groups excluding tert-OH is 1. The van der Waals surface area contributed by atoms with E-state index in [9.17, 15) is 14.4 Å². The number of nitrogens with zero attached hydrogens (tertiary/aromatic N) is 2. The van der Waals surface area contributed by atoms with Crippen LogP contribution in [0.1, 0.15) is 38.1 Å². The first-order chi connectivity index (χ1) is 11.1. The van der Waals surface area contributed by atoms with E-state index in [2.05, 4.69) is 10.4 Å². The topological polar surface area (TPSA) is 111 Å². The zero-order chi connectivity index (χ0) is 16.7. The Morgan fingerprint density at radius 2 is 2.04 bits per heavy atom. The quantitative estimate of drug-likeness (QED) is 0.506. The number of amides is 1. The molecular weight excluding hydrogens is 302 g/mol. The number of unbranched alkanes of at least 4 members (excludes halogenated alkanes) is 3. The highest BCUT2D eigenvalue weighted by molar-refractivity contribution is 6.05. The van der Waals surface area contributed by atoms with E-state index < -0.39 is 17.5 Å². The lowest BCUT2D eigenvalue weighted by atomic mass is 10.1. The molecule has 1 fully saturated rings. The summed E-state index contributed by atoms with van der Waals surface area (Å²) in [6, 6.07) is 0.0411. The minimum atomic E-state index is -1.19. The summed E-state index contributed by atoms with van der Waals surface area (Å²) in [6.07, 6.45) is 4.98. The molecule has 1 aromatic heterocycles. The zero-order valence-corrected chi connectivity index (χ0v) is 12.9. The minimum absolute atomic E-state index is 0.191. The molecule has 1 aliphatic rings. The Bertz CT molecular complexity index is 597. The second-order valence-corrected chi connectivity index (χ2v) is 5.37. The van der Waals surface area contributed by atoms with Gasteiger partial charge in [-0.3, -0.25) is 14.4 Å². The molecule has 8 heteroatoms. The predicted octanol–water partition coefficient (Wildman–Crippen LogP) is -0.195. The number of hydrogen-bond donors (Lipinski definition) is 2. The summed E-state index contributed by atoms with van der Waals surface area (Å²) in [5.74, 6) is -0.508. The monoisotopic (exact) mass is 323 g/mol. The van der Waals surface area contributed by atoms with Crippen LogP contribution in [-0.4, -0.2) is 46.3 Å². The Kier molecular flexibility index (Phi) is 6.28. The van der Waals surface area contributed by atoms with Gasteiger partial charge in [0.2, 0.25) is 0 Å². The van der Waals surface area contributed by atoms with Crippen LogP contribution in [0.4, 0.5) is 0 Å². The Labute approximate surface area is 133 Å². The Morgan fingerprint density at radius 1 is 1.26 bits per heavy atom. The van der Waals surface area contributed by atoms with Crippen molar-refractivity contribution in [3.8, 4) is 5.75 Å². The number of Topliss-reactive ketones (excluding diaryl/α,β-unsaturated/α-hetero) is 1. The van der Waals surface area contributed by atoms with Crippen LogP contribution in [0.2, 0.25) is 0 Å². The molecule has 8 nitrogen and oxygen atoms in total. The molecule has 2 rings (SSSR count). The molecule has 23 heavy (non-hydrogen) atoms. The van der Waals surface area contributed by atoms with E-state index in [4.69, 9.17) is 9.84 Å². The maximum atomic E-state index is 12.1. The van der Waals surface area contributed by atoms with Crippen LogP contribution < -0.4 is 15.6 Å². The Hall–Kier alpha value is -2.22. The Balaban J connectivity index is 1.94. The van der Waals surface area contributed by atoms with Gasteiger partial charge in [-0.1, -0.05) is 6.42 Å². The summed E-state index contributed by atoms with van der Waals surface area (Å²) in [6.45, 7) is 0.927. The van der Waals surface area contributed by atoms with E-state index in [1.165, 1.54) is 12.3 Å². The van der Waals surface area contributed by atoms with E-state index in [-0.39, 0.29) is 18.8 Å². The van der Waals surface area contributed by atoms with Crippen LogP contribution in [0.25, 0.3) is 0 Å². The van der Waals surface area contributed by atoms with Crippen molar-refractivity contribution >= 4 is 11.7 Å². The van der Waals surface area contributed by atoms with E-state index >= 15 is 0 Å². The predicted molar refractivity (Wildman–Crippen MR) is 81.2 cm³/mol. The maximum absolute atomic E-state index is 12.1. The average Bonchev–Trinajstić information content (AvgIpc) is 2.52. The van der Waals surface area contributed by atoms with Gasteiger partial charge in [-0.05, 0) is 19.3 Å². The van der Waals surface area contributed by atoms with Crippen molar-refractivity contribution in [3.63, 3.8) is 0 Å². The summed E-state index contributed by atoms with van der Waals surface area (Å²) >= 11 is 0. The fourth-order valence-electron chi connectivity index (χ4n) is 2.37. The number of rotatable bonds is 8. The van der Waals surface area contributed by atoms with Gasteiger partial charge in [-0.25, -0.2) is 4.68 Å². The molecule has 2 N–H and O–H groups in total. The van der Waals surface area contributed by atoms with Crippen molar-refractivity contribution in [2.24, 2.45) is 0 Å². The first-order valence-electron chi connectivity index (χ1n) is 7.76. The first-order valence-corrected chi connectivity index (χ1v) is 7.76. The summed E-state index contributed by atoms with van der Waals surface area (Å²) in [5.41, 5.74) is -0.543. The number of piperidine rings is 1. The third kappa shape index (κ3) is 4.62. The summed E-state index contributed by atoms with van der Waals surface area (Å²) in [5, 5.41) is 15.1. The van der Waals surface area contributed by atoms with Crippen molar-refractivity contribution in [1.82, 2.24) is 15.1 Å². The van der Waals surface area contributed by atoms with Crippen molar-refractivity contribution in [1.29, 1.82) is 0 Å². The highest BCUT2D eigenvalue weighted by Gasteiger charge is 2.33. The molecule has 1 unspecified atom stereocenters. The lowest BCUT2D eigenvalue weighted by Gasteiger charge is -2.21. The van der Waals surface area contributed by atoms with Gasteiger partial charge in [-0.15, -0.1) is 0 Å². The maximum Gasteiger partial charge on any atom is 0.271 e. The molecular formula is C15H21N3O5. The second-order valence-electron chi connectivity index (χ2n) is 5.37. The molecule has 1 saturated heterocycles. The number of carbonyl (C=O) groups excluding carboxylic acids is 2. The molecule has 1 atom stereocenters. The largest absolute Gasteiger partial charge is 0.492 e. The molecule has 0 spiro atoms. The fraction of sp³-hybridized carbons (Fsp3) is 0.600. The van der Waals surface area contributed by atoms with Crippen LogP contribution in [-0.2, 0) is 9.59 Å². The minimum Gasteiger partial charge on any atom is -0.492 e. The van der Waals surface area contributed by atoms with Gasteiger partial charge < -0.3 is 15.2 Å².